The molecule has 0 radical (unpaired) electrons. The van der Waals surface area contributed by atoms with Crippen molar-refractivity contribution in [3.63, 3.8) is 0 Å². The molecule has 0 amide bonds. The fraction of sp³-hybridized carbons (Fsp3) is 0.231. The number of esters is 1. The van der Waals surface area contributed by atoms with Crippen molar-refractivity contribution in [2.24, 2.45) is 0 Å². The summed E-state index contributed by atoms with van der Waals surface area (Å²) in [7, 11) is 0. The van der Waals surface area contributed by atoms with Crippen LogP contribution in [0.4, 0.5) is 17.6 Å². The molecule has 2 rings (SSSR count). The summed E-state index contributed by atoms with van der Waals surface area (Å²) < 4.78 is 58.9. The fourth-order valence-electron chi connectivity index (χ4n) is 1.32. The Bertz CT molecular complexity index is 617. The SMILES string of the molecule is O=C(Oc1ccc(OCC(F)(F)C(F)F)cc1)c1cscn1. The normalized spacial score (nSPS) is 11.5. The largest absolute Gasteiger partial charge is 0.487 e. The van der Waals surface area contributed by atoms with E-state index in [1.807, 2.05) is 0 Å². The molecule has 0 bridgehead atoms. The van der Waals surface area contributed by atoms with Crippen molar-refractivity contribution in [1.29, 1.82) is 0 Å². The summed E-state index contributed by atoms with van der Waals surface area (Å²) in [6, 6.07) is 5.04. The van der Waals surface area contributed by atoms with Gasteiger partial charge >= 0.3 is 18.3 Å². The van der Waals surface area contributed by atoms with E-state index >= 15 is 0 Å². The lowest BCUT2D eigenvalue weighted by Gasteiger charge is -2.15. The van der Waals surface area contributed by atoms with Crippen molar-refractivity contribution in [2.45, 2.75) is 12.3 Å². The zero-order valence-corrected chi connectivity index (χ0v) is 11.7. The van der Waals surface area contributed by atoms with Gasteiger partial charge in [0.25, 0.3) is 0 Å². The van der Waals surface area contributed by atoms with E-state index in [4.69, 9.17) is 4.74 Å². The van der Waals surface area contributed by atoms with Gasteiger partial charge in [-0.3, -0.25) is 0 Å². The molecular formula is C13H9F4NO3S. The number of ether oxygens (including phenoxy) is 2. The smallest absolute Gasteiger partial charge is 0.363 e. The number of benzene rings is 1. The van der Waals surface area contributed by atoms with E-state index in [-0.39, 0.29) is 17.2 Å². The van der Waals surface area contributed by atoms with Crippen LogP contribution in [0.25, 0.3) is 0 Å². The van der Waals surface area contributed by atoms with Crippen LogP contribution in [0, 0.1) is 0 Å². The molecule has 2 aromatic rings. The van der Waals surface area contributed by atoms with Crippen LogP contribution in [0.5, 0.6) is 11.5 Å². The summed E-state index contributed by atoms with van der Waals surface area (Å²) >= 11 is 1.23. The maximum Gasteiger partial charge on any atom is 0.363 e. The number of carbonyl (C=O) groups is 1. The summed E-state index contributed by atoms with van der Waals surface area (Å²) in [5.74, 6) is -4.80. The Balaban J connectivity index is 1.92. The van der Waals surface area contributed by atoms with Crippen LogP contribution in [-0.2, 0) is 0 Å². The molecule has 0 spiro atoms. The van der Waals surface area contributed by atoms with Crippen LogP contribution in [0.1, 0.15) is 10.5 Å². The number of carbonyl (C=O) groups excluding carboxylic acids is 1. The van der Waals surface area contributed by atoms with E-state index in [1.54, 1.807) is 0 Å². The second-order valence-electron chi connectivity index (χ2n) is 4.09. The van der Waals surface area contributed by atoms with E-state index in [0.29, 0.717) is 0 Å². The molecule has 0 saturated heterocycles. The fourth-order valence-corrected chi connectivity index (χ4v) is 1.84. The molecular weight excluding hydrogens is 326 g/mol. The second-order valence-corrected chi connectivity index (χ2v) is 4.80. The highest BCUT2D eigenvalue weighted by molar-refractivity contribution is 7.07. The minimum atomic E-state index is -4.23. The van der Waals surface area contributed by atoms with Crippen molar-refractivity contribution in [1.82, 2.24) is 4.98 Å². The zero-order chi connectivity index (χ0) is 16.2. The molecule has 1 heterocycles. The minimum absolute atomic E-state index is 0.0474. The first-order valence-electron chi connectivity index (χ1n) is 5.88. The first-order chi connectivity index (χ1) is 10.4. The number of rotatable bonds is 6. The maximum absolute atomic E-state index is 12.7. The molecule has 0 N–H and O–H groups in total. The van der Waals surface area contributed by atoms with Crippen LogP contribution < -0.4 is 9.47 Å². The van der Waals surface area contributed by atoms with E-state index in [0.717, 1.165) is 0 Å². The van der Waals surface area contributed by atoms with Gasteiger partial charge in [0, 0.05) is 5.38 Å². The predicted octanol–water partition coefficient (Wildman–Crippen LogP) is 3.64. The second kappa shape index (κ2) is 6.73. The van der Waals surface area contributed by atoms with Gasteiger partial charge in [0.05, 0.1) is 5.51 Å². The van der Waals surface area contributed by atoms with Gasteiger partial charge in [0.2, 0.25) is 0 Å². The molecule has 9 heteroatoms. The van der Waals surface area contributed by atoms with Gasteiger partial charge in [-0.2, -0.15) is 8.78 Å². The summed E-state index contributed by atoms with van der Waals surface area (Å²) in [5.41, 5.74) is 1.61. The van der Waals surface area contributed by atoms with Gasteiger partial charge in [-0.25, -0.2) is 18.6 Å². The molecule has 1 aromatic carbocycles. The average molecular weight is 335 g/mol. The predicted molar refractivity (Wildman–Crippen MR) is 70.0 cm³/mol. The number of thiazole rings is 1. The lowest BCUT2D eigenvalue weighted by molar-refractivity contribution is -0.148. The summed E-state index contributed by atoms with van der Waals surface area (Å²) in [6.45, 7) is -1.44. The van der Waals surface area contributed by atoms with E-state index in [2.05, 4.69) is 9.72 Å². The highest BCUT2D eigenvalue weighted by Gasteiger charge is 2.41. The van der Waals surface area contributed by atoms with Gasteiger partial charge < -0.3 is 9.47 Å². The lowest BCUT2D eigenvalue weighted by atomic mass is 10.3. The number of alkyl halides is 4. The van der Waals surface area contributed by atoms with Crippen molar-refractivity contribution < 1.29 is 31.8 Å². The zero-order valence-electron chi connectivity index (χ0n) is 10.8. The molecule has 0 atom stereocenters. The average Bonchev–Trinajstić information content (AvgIpc) is 3.01. The third-order valence-electron chi connectivity index (χ3n) is 2.43. The van der Waals surface area contributed by atoms with Crippen LogP contribution in [0.15, 0.2) is 35.2 Å². The molecule has 0 fully saturated rings. The Morgan fingerprint density at radius 2 is 1.86 bits per heavy atom. The molecule has 0 unspecified atom stereocenters. The highest BCUT2D eigenvalue weighted by atomic mass is 32.1. The molecule has 118 valence electrons. The Morgan fingerprint density at radius 3 is 2.41 bits per heavy atom. The van der Waals surface area contributed by atoms with E-state index in [9.17, 15) is 22.4 Å². The van der Waals surface area contributed by atoms with Crippen molar-refractivity contribution in [3.8, 4) is 11.5 Å². The van der Waals surface area contributed by atoms with Gasteiger partial charge in [0.1, 0.15) is 11.5 Å². The number of nitrogens with zero attached hydrogens (tertiary/aromatic N) is 1. The third-order valence-corrected chi connectivity index (χ3v) is 3.01. The summed E-state index contributed by atoms with van der Waals surface area (Å²) in [5, 5.41) is 1.51. The first kappa shape index (κ1) is 16.2. The topological polar surface area (TPSA) is 48.4 Å². The molecule has 4 nitrogen and oxygen atoms in total. The molecule has 0 aliphatic rings. The van der Waals surface area contributed by atoms with Gasteiger partial charge in [-0.1, -0.05) is 0 Å². The lowest BCUT2D eigenvalue weighted by Crippen LogP contribution is -2.33. The Labute approximate surface area is 126 Å². The van der Waals surface area contributed by atoms with Crippen molar-refractivity contribution in [2.75, 3.05) is 6.61 Å². The van der Waals surface area contributed by atoms with Crippen LogP contribution in [0.2, 0.25) is 0 Å². The molecule has 0 aliphatic heterocycles. The van der Waals surface area contributed by atoms with Crippen molar-refractivity contribution in [3.05, 3.63) is 40.8 Å². The minimum Gasteiger partial charge on any atom is -0.487 e. The molecule has 22 heavy (non-hydrogen) atoms. The summed E-state index contributed by atoms with van der Waals surface area (Å²) in [6.07, 6.45) is -3.80. The standard InChI is InChI=1S/C13H9F4NO3S/c14-12(15)13(16,17)6-20-8-1-3-9(4-2-8)21-11(19)10-5-22-7-18-10/h1-5,7,12H,6H2. The third kappa shape index (κ3) is 4.17. The van der Waals surface area contributed by atoms with E-state index < -0.39 is 24.9 Å². The highest BCUT2D eigenvalue weighted by Crippen LogP contribution is 2.25. The van der Waals surface area contributed by atoms with Gasteiger partial charge in [0.15, 0.2) is 12.3 Å². The number of hydrogen-bond acceptors (Lipinski definition) is 5. The first-order valence-corrected chi connectivity index (χ1v) is 6.82. The monoisotopic (exact) mass is 335 g/mol. The molecule has 0 saturated carbocycles. The molecule has 1 aromatic heterocycles. The number of hydrogen-bond donors (Lipinski definition) is 0. The van der Waals surface area contributed by atoms with Crippen LogP contribution in [0.3, 0.4) is 0 Å². The molecule has 0 aliphatic carbocycles. The summed E-state index contributed by atoms with van der Waals surface area (Å²) in [4.78, 5) is 15.4. The number of aromatic nitrogens is 1. The van der Waals surface area contributed by atoms with Gasteiger partial charge in [-0.05, 0) is 24.3 Å². The van der Waals surface area contributed by atoms with Crippen molar-refractivity contribution >= 4 is 17.3 Å². The quantitative estimate of drug-likeness (QED) is 0.459. The van der Waals surface area contributed by atoms with Gasteiger partial charge in [-0.15, -0.1) is 11.3 Å². The Hall–Kier alpha value is -2.16. The maximum atomic E-state index is 12.7. The van der Waals surface area contributed by atoms with Crippen LogP contribution >= 0.6 is 11.3 Å². The van der Waals surface area contributed by atoms with E-state index in [1.165, 1.54) is 46.5 Å². The Morgan fingerprint density at radius 1 is 1.23 bits per heavy atom. The number of halogens is 4. The van der Waals surface area contributed by atoms with Crippen LogP contribution in [-0.4, -0.2) is 29.9 Å². The Kier molecular flexibility index (Phi) is 4.96.